The van der Waals surface area contributed by atoms with E-state index in [1.807, 2.05) is 0 Å². The van der Waals surface area contributed by atoms with Crippen molar-refractivity contribution < 1.29 is 5.21 Å². The second-order valence-electron chi connectivity index (χ2n) is 13.0. The zero-order valence-electron chi connectivity index (χ0n) is 24.8. The molecule has 3 atom stereocenters. The average molecular weight is 559 g/mol. The standard InChI is InChI=1S/C32H46N8O/c1-20-14-16-23(17-15-20)19-40-27-29(34-22(3)24-12-7-13-24)35-31(28(33)38-41)36-30(27)37-32(40)39-18-8-9-21(2)26(39)25-10-5-4-6-11-25/h4-6,10-11,20-24,26,41H,7-9,12-19H2,1-3H3,(H2,33,38)(H,34,35,36)/t20?,21?,22-,23?,26?/m1/s1. The molecule has 41 heavy (non-hydrogen) atoms. The summed E-state index contributed by atoms with van der Waals surface area (Å²) >= 11 is 0. The number of piperidine rings is 1. The number of amidine groups is 1. The molecule has 4 N–H and O–H groups in total. The molecule has 0 spiro atoms. The molecular weight excluding hydrogens is 512 g/mol. The predicted octanol–water partition coefficient (Wildman–Crippen LogP) is 6.33. The fraction of sp³-hybridized carbons (Fsp3) is 0.625. The van der Waals surface area contributed by atoms with Crippen LogP contribution in [0.1, 0.15) is 96.0 Å². The van der Waals surface area contributed by atoms with E-state index in [4.69, 9.17) is 20.7 Å². The minimum Gasteiger partial charge on any atom is -0.409 e. The Labute approximate surface area is 243 Å². The summed E-state index contributed by atoms with van der Waals surface area (Å²) < 4.78 is 2.41. The SMILES string of the molecule is CC1CCC(Cn2c(N3CCCC(C)C3c3ccccc3)nc3nc(/C(N)=N/O)nc(N[C@H](C)C4CCC4)c32)CC1. The second-order valence-corrected chi connectivity index (χ2v) is 13.0. The maximum Gasteiger partial charge on any atom is 0.208 e. The van der Waals surface area contributed by atoms with Crippen molar-refractivity contribution in [2.45, 2.75) is 97.2 Å². The first-order chi connectivity index (χ1) is 19.9. The van der Waals surface area contributed by atoms with Crippen molar-refractivity contribution in [1.82, 2.24) is 19.5 Å². The molecule has 1 saturated heterocycles. The zero-order valence-corrected chi connectivity index (χ0v) is 24.8. The number of anilines is 2. The second kappa shape index (κ2) is 11.9. The third-order valence-corrected chi connectivity index (χ3v) is 10.0. The maximum absolute atomic E-state index is 9.49. The van der Waals surface area contributed by atoms with E-state index >= 15 is 0 Å². The van der Waals surface area contributed by atoms with Gasteiger partial charge in [-0.2, -0.15) is 4.98 Å². The number of aromatic nitrogens is 4. The van der Waals surface area contributed by atoms with Crippen LogP contribution >= 0.6 is 0 Å². The van der Waals surface area contributed by atoms with E-state index in [9.17, 15) is 5.21 Å². The highest BCUT2D eigenvalue weighted by Crippen LogP contribution is 2.42. The molecule has 0 radical (unpaired) electrons. The number of imidazole rings is 1. The Bertz CT molecular complexity index is 1360. The quantitative estimate of drug-likeness (QED) is 0.128. The first-order valence-corrected chi connectivity index (χ1v) is 15.8. The van der Waals surface area contributed by atoms with Crippen LogP contribution in [0.4, 0.5) is 11.8 Å². The van der Waals surface area contributed by atoms with E-state index in [0.29, 0.717) is 23.4 Å². The Morgan fingerprint density at radius 1 is 1.02 bits per heavy atom. The van der Waals surface area contributed by atoms with Crippen LogP contribution in [0.15, 0.2) is 35.5 Å². The molecule has 0 bridgehead atoms. The van der Waals surface area contributed by atoms with E-state index in [-0.39, 0.29) is 23.7 Å². The minimum absolute atomic E-state index is 0.0997. The van der Waals surface area contributed by atoms with Crippen molar-refractivity contribution in [2.24, 2.45) is 34.6 Å². The van der Waals surface area contributed by atoms with Gasteiger partial charge < -0.3 is 25.7 Å². The van der Waals surface area contributed by atoms with Crippen molar-refractivity contribution in [3.05, 3.63) is 41.7 Å². The van der Waals surface area contributed by atoms with Gasteiger partial charge in [0.2, 0.25) is 17.6 Å². The fourth-order valence-corrected chi connectivity index (χ4v) is 7.29. The minimum atomic E-state index is -0.0997. The molecule has 2 saturated carbocycles. The van der Waals surface area contributed by atoms with Crippen LogP contribution in [-0.2, 0) is 6.54 Å². The smallest absolute Gasteiger partial charge is 0.208 e. The van der Waals surface area contributed by atoms with Gasteiger partial charge in [0.05, 0.1) is 6.04 Å². The molecule has 3 aliphatic rings. The molecule has 1 aliphatic heterocycles. The maximum atomic E-state index is 9.49. The van der Waals surface area contributed by atoms with Crippen LogP contribution in [0.3, 0.4) is 0 Å². The van der Waals surface area contributed by atoms with Gasteiger partial charge in [-0.05, 0) is 74.7 Å². The Hall–Kier alpha value is -3.36. The topological polar surface area (TPSA) is 117 Å². The summed E-state index contributed by atoms with van der Waals surface area (Å²) in [5.41, 5.74) is 8.92. The number of nitrogens with one attached hydrogen (secondary N) is 1. The Balaban J connectivity index is 1.50. The number of hydrogen-bond acceptors (Lipinski definition) is 7. The molecule has 9 heteroatoms. The molecule has 1 aromatic carbocycles. The van der Waals surface area contributed by atoms with Crippen molar-refractivity contribution in [2.75, 3.05) is 16.8 Å². The van der Waals surface area contributed by atoms with Crippen molar-refractivity contribution in [3.8, 4) is 0 Å². The average Bonchev–Trinajstić information content (AvgIpc) is 3.31. The summed E-state index contributed by atoms with van der Waals surface area (Å²) in [6.07, 6.45) is 11.0. The number of oxime groups is 1. The highest BCUT2D eigenvalue weighted by molar-refractivity contribution is 5.97. The van der Waals surface area contributed by atoms with Crippen LogP contribution in [0.2, 0.25) is 0 Å². The lowest BCUT2D eigenvalue weighted by Crippen LogP contribution is -2.40. The van der Waals surface area contributed by atoms with Crippen molar-refractivity contribution in [1.29, 1.82) is 0 Å². The van der Waals surface area contributed by atoms with Crippen LogP contribution in [0.25, 0.3) is 11.2 Å². The number of nitrogens with zero attached hydrogens (tertiary/aromatic N) is 6. The summed E-state index contributed by atoms with van der Waals surface area (Å²) in [5, 5.41) is 16.5. The lowest BCUT2D eigenvalue weighted by atomic mass is 9.80. The molecule has 2 aromatic heterocycles. The molecule has 2 unspecified atom stereocenters. The van der Waals surface area contributed by atoms with Crippen LogP contribution in [-0.4, -0.2) is 43.1 Å². The van der Waals surface area contributed by atoms with Gasteiger partial charge >= 0.3 is 0 Å². The number of benzene rings is 1. The summed E-state index contributed by atoms with van der Waals surface area (Å²) in [7, 11) is 0. The van der Waals surface area contributed by atoms with Gasteiger partial charge in [0, 0.05) is 19.1 Å². The molecular formula is C32H46N8O. The summed E-state index contributed by atoms with van der Waals surface area (Å²) in [4.78, 5) is 17.4. The lowest BCUT2D eigenvalue weighted by molar-refractivity contribution is 0.264. The molecule has 3 aromatic rings. The zero-order chi connectivity index (χ0) is 28.5. The van der Waals surface area contributed by atoms with Gasteiger partial charge in [-0.25, -0.2) is 9.97 Å². The molecule has 3 fully saturated rings. The highest BCUT2D eigenvalue weighted by atomic mass is 16.4. The summed E-state index contributed by atoms with van der Waals surface area (Å²) in [5.74, 6) is 4.29. The number of nitrogens with two attached hydrogens (primary N) is 1. The Kier molecular flexibility index (Phi) is 8.04. The third kappa shape index (κ3) is 5.60. The monoisotopic (exact) mass is 558 g/mol. The van der Waals surface area contributed by atoms with E-state index < -0.39 is 0 Å². The van der Waals surface area contributed by atoms with E-state index in [2.05, 4.69) is 71.0 Å². The third-order valence-electron chi connectivity index (χ3n) is 10.0. The summed E-state index contributed by atoms with van der Waals surface area (Å²) in [6.45, 7) is 8.81. The van der Waals surface area contributed by atoms with Crippen molar-refractivity contribution >= 4 is 28.8 Å². The number of hydrogen-bond donors (Lipinski definition) is 3. The molecule has 0 amide bonds. The fourth-order valence-electron chi connectivity index (χ4n) is 7.29. The van der Waals surface area contributed by atoms with Crippen LogP contribution in [0.5, 0.6) is 0 Å². The van der Waals surface area contributed by atoms with Crippen LogP contribution < -0.4 is 16.0 Å². The molecule has 3 heterocycles. The van der Waals surface area contributed by atoms with Gasteiger partial charge in [-0.1, -0.05) is 68.6 Å². The first kappa shape index (κ1) is 27.8. The van der Waals surface area contributed by atoms with E-state index in [1.54, 1.807) is 0 Å². The van der Waals surface area contributed by atoms with Gasteiger partial charge in [0.15, 0.2) is 11.5 Å². The van der Waals surface area contributed by atoms with Crippen molar-refractivity contribution in [3.63, 3.8) is 0 Å². The molecule has 2 aliphatic carbocycles. The molecule has 6 rings (SSSR count). The van der Waals surface area contributed by atoms with Gasteiger partial charge in [0.1, 0.15) is 5.52 Å². The Morgan fingerprint density at radius 3 is 2.46 bits per heavy atom. The first-order valence-electron chi connectivity index (χ1n) is 15.8. The highest BCUT2D eigenvalue weighted by Gasteiger charge is 2.35. The largest absolute Gasteiger partial charge is 0.409 e. The van der Waals surface area contributed by atoms with E-state index in [0.717, 1.165) is 42.7 Å². The van der Waals surface area contributed by atoms with E-state index in [1.165, 1.54) is 56.9 Å². The molecule has 9 nitrogen and oxygen atoms in total. The van der Waals surface area contributed by atoms with Gasteiger partial charge in [-0.15, -0.1) is 0 Å². The van der Waals surface area contributed by atoms with Gasteiger partial charge in [-0.3, -0.25) is 0 Å². The summed E-state index contributed by atoms with van der Waals surface area (Å²) in [6, 6.07) is 11.4. The molecule has 220 valence electrons. The number of fused-ring (bicyclic) bond motifs is 1. The number of rotatable bonds is 8. The normalized spacial score (nSPS) is 26.6. The van der Waals surface area contributed by atoms with Gasteiger partial charge in [0.25, 0.3) is 0 Å². The van der Waals surface area contributed by atoms with Crippen LogP contribution in [0, 0.1) is 23.7 Å². The Morgan fingerprint density at radius 2 is 1.78 bits per heavy atom. The lowest BCUT2D eigenvalue weighted by Gasteiger charge is -2.41. The predicted molar refractivity (Wildman–Crippen MR) is 164 cm³/mol.